The number of ether oxygens (including phenoxy) is 5. The summed E-state index contributed by atoms with van der Waals surface area (Å²) in [6, 6.07) is 7.40. The van der Waals surface area contributed by atoms with Crippen LogP contribution in [0.2, 0.25) is 0 Å². The van der Waals surface area contributed by atoms with E-state index in [2.05, 4.69) is 0 Å². The maximum atomic E-state index is 13.6. The van der Waals surface area contributed by atoms with Crippen molar-refractivity contribution in [2.75, 3.05) is 6.61 Å². The van der Waals surface area contributed by atoms with Gasteiger partial charge in [0, 0.05) is 24.6 Å². The molecule has 3 heterocycles. The van der Waals surface area contributed by atoms with E-state index < -0.39 is 96.7 Å². The molecule has 0 saturated carbocycles. The normalized spacial score (nSPS) is 31.9. The number of hydrogen-bond acceptors (Lipinski definition) is 16. The Balaban J connectivity index is 1.41. The molecule has 2 aliphatic rings. The molecular weight excluding hydrogens is 604 g/mol. The van der Waals surface area contributed by atoms with Crippen molar-refractivity contribution in [2.24, 2.45) is 0 Å². The molecular formula is C29H32O16. The first-order valence-corrected chi connectivity index (χ1v) is 13.8. The van der Waals surface area contributed by atoms with E-state index in [1.807, 2.05) is 0 Å². The van der Waals surface area contributed by atoms with E-state index in [1.165, 1.54) is 31.2 Å². The number of rotatable bonds is 7. The lowest BCUT2D eigenvalue weighted by Crippen LogP contribution is -2.64. The number of esters is 1. The molecule has 0 spiro atoms. The maximum absolute atomic E-state index is 13.6. The van der Waals surface area contributed by atoms with Crippen molar-refractivity contribution in [3.8, 4) is 34.3 Å². The molecule has 1 unspecified atom stereocenters. The van der Waals surface area contributed by atoms with Crippen molar-refractivity contribution in [3.63, 3.8) is 0 Å². The van der Waals surface area contributed by atoms with Gasteiger partial charge >= 0.3 is 5.97 Å². The number of aliphatic hydroxyl groups excluding tert-OH is 5. The van der Waals surface area contributed by atoms with Gasteiger partial charge in [0.05, 0.1) is 6.10 Å². The van der Waals surface area contributed by atoms with Crippen LogP contribution in [0.5, 0.6) is 23.0 Å². The highest BCUT2D eigenvalue weighted by Gasteiger charge is 2.50. The number of hydrogen-bond donors (Lipinski definition) is 8. The molecule has 2 aliphatic heterocycles. The number of carbonyl (C=O) groups excluding carboxylic acids is 1. The summed E-state index contributed by atoms with van der Waals surface area (Å²) in [5.41, 5.74) is -0.902. The minimum Gasteiger partial charge on any atom is -0.508 e. The Bertz CT molecular complexity index is 1590. The number of aliphatic hydroxyl groups is 5. The second kappa shape index (κ2) is 12.8. The van der Waals surface area contributed by atoms with E-state index in [0.29, 0.717) is 0 Å². The third kappa shape index (κ3) is 6.40. The van der Waals surface area contributed by atoms with Crippen molar-refractivity contribution < 1.29 is 73.7 Å². The van der Waals surface area contributed by atoms with Gasteiger partial charge in [0.15, 0.2) is 12.1 Å². The van der Waals surface area contributed by atoms with Crippen LogP contribution in [0.1, 0.15) is 13.8 Å². The largest absolute Gasteiger partial charge is 0.508 e. The Hall–Kier alpha value is -4.00. The molecule has 2 saturated heterocycles. The molecule has 1 aromatic heterocycles. The molecule has 10 atom stereocenters. The number of aromatic hydroxyl groups is 3. The zero-order valence-electron chi connectivity index (χ0n) is 23.8. The topological polar surface area (TPSA) is 255 Å². The van der Waals surface area contributed by atoms with Crippen molar-refractivity contribution in [2.45, 2.75) is 75.3 Å². The second-order valence-electron chi connectivity index (χ2n) is 10.7. The smallest absolute Gasteiger partial charge is 0.302 e. The molecule has 16 nitrogen and oxygen atoms in total. The first-order valence-electron chi connectivity index (χ1n) is 13.8. The Morgan fingerprint density at radius 2 is 1.51 bits per heavy atom. The first-order chi connectivity index (χ1) is 21.3. The zero-order chi connectivity index (χ0) is 32.7. The molecule has 8 N–H and O–H groups in total. The van der Waals surface area contributed by atoms with Crippen LogP contribution < -0.4 is 10.2 Å². The van der Waals surface area contributed by atoms with E-state index in [9.17, 15) is 50.4 Å². The fourth-order valence-corrected chi connectivity index (χ4v) is 5.11. The summed E-state index contributed by atoms with van der Waals surface area (Å²) in [6.07, 6.45) is -16.2. The lowest BCUT2D eigenvalue weighted by molar-refractivity contribution is -0.349. The summed E-state index contributed by atoms with van der Waals surface area (Å²) < 4.78 is 33.3. The van der Waals surface area contributed by atoms with E-state index in [4.69, 9.17) is 28.1 Å². The molecule has 0 amide bonds. The number of fused-ring (bicyclic) bond motifs is 1. The van der Waals surface area contributed by atoms with Crippen molar-refractivity contribution >= 4 is 16.9 Å². The van der Waals surface area contributed by atoms with Gasteiger partial charge in [-0.1, -0.05) is 0 Å². The number of phenols is 3. The number of phenolic OH excluding ortho intramolecular Hbond substituents is 3. The maximum Gasteiger partial charge on any atom is 0.302 e. The minimum atomic E-state index is -1.91. The molecule has 244 valence electrons. The van der Waals surface area contributed by atoms with Gasteiger partial charge in [0.2, 0.25) is 17.5 Å². The van der Waals surface area contributed by atoms with Crippen LogP contribution in [-0.4, -0.2) is 115 Å². The Morgan fingerprint density at radius 1 is 0.844 bits per heavy atom. The Morgan fingerprint density at radius 3 is 2.18 bits per heavy atom. The summed E-state index contributed by atoms with van der Waals surface area (Å²) in [4.78, 5) is 24.8. The van der Waals surface area contributed by atoms with Crippen LogP contribution >= 0.6 is 0 Å². The summed E-state index contributed by atoms with van der Waals surface area (Å²) in [7, 11) is 0. The van der Waals surface area contributed by atoms with Gasteiger partial charge in [0.25, 0.3) is 0 Å². The highest BCUT2D eigenvalue weighted by molar-refractivity contribution is 5.88. The highest BCUT2D eigenvalue weighted by atomic mass is 16.7. The van der Waals surface area contributed by atoms with Crippen molar-refractivity contribution in [1.29, 1.82) is 0 Å². The second-order valence-corrected chi connectivity index (χ2v) is 10.7. The minimum absolute atomic E-state index is 0.0968. The standard InChI is InChI=1S/C29H32O16/c1-10-25(44-29-23(38)21(36)19(34)17(43-29)9-40-11(2)30)22(37)24(39)28(41-10)45-27-20(35)18-15(33)7-14(32)8-16(18)42-26(27)12-3-5-13(31)6-4-12/h3-8,10,17,19,21-25,28-29,31-34,36-39H,9H2,1-2H3/t10-,17+,19+,21-,22-,23+,24+,25-,28?,29-/m0/s1. The summed E-state index contributed by atoms with van der Waals surface area (Å²) in [6.45, 7) is 2.05. The zero-order valence-corrected chi connectivity index (χ0v) is 23.8. The SMILES string of the molecule is CC(=O)OC[C@H]1O[C@@H](O[C@@H]2[C@@H](O)[C@@H](O)C(Oc3c(-c4ccc(O)cc4)oc4cc(O)cc(O)c4c3=O)O[C@H]2C)[C@H](O)[C@@H](O)[C@@H]1O. The molecule has 2 aromatic carbocycles. The average Bonchev–Trinajstić information content (AvgIpc) is 2.98. The van der Waals surface area contributed by atoms with Gasteiger partial charge in [-0.25, -0.2) is 0 Å². The van der Waals surface area contributed by atoms with Gasteiger partial charge in [-0.2, -0.15) is 0 Å². The monoisotopic (exact) mass is 636 g/mol. The third-order valence-corrected chi connectivity index (χ3v) is 7.47. The fourth-order valence-electron chi connectivity index (χ4n) is 5.11. The van der Waals surface area contributed by atoms with Gasteiger partial charge in [0.1, 0.15) is 77.6 Å². The quantitative estimate of drug-likeness (QED) is 0.147. The molecule has 0 aliphatic carbocycles. The van der Waals surface area contributed by atoms with Crippen LogP contribution in [-0.2, 0) is 23.7 Å². The van der Waals surface area contributed by atoms with Crippen LogP contribution in [0.4, 0.5) is 0 Å². The van der Waals surface area contributed by atoms with Crippen LogP contribution in [0, 0.1) is 0 Å². The molecule has 0 radical (unpaired) electrons. The van der Waals surface area contributed by atoms with Crippen molar-refractivity contribution in [3.05, 3.63) is 46.6 Å². The van der Waals surface area contributed by atoms with E-state index >= 15 is 0 Å². The highest BCUT2D eigenvalue weighted by Crippen LogP contribution is 2.38. The van der Waals surface area contributed by atoms with E-state index in [0.717, 1.165) is 19.1 Å². The molecule has 16 heteroatoms. The predicted octanol–water partition coefficient (Wildman–Crippen LogP) is -0.822. The van der Waals surface area contributed by atoms with Gasteiger partial charge in [-0.15, -0.1) is 0 Å². The van der Waals surface area contributed by atoms with E-state index in [1.54, 1.807) is 0 Å². The van der Waals surface area contributed by atoms with Gasteiger partial charge in [-0.05, 0) is 31.2 Å². The van der Waals surface area contributed by atoms with E-state index in [-0.39, 0.29) is 28.0 Å². The first kappa shape index (κ1) is 32.4. The Kier molecular flexibility index (Phi) is 9.20. The average molecular weight is 637 g/mol. The summed E-state index contributed by atoms with van der Waals surface area (Å²) in [5, 5.41) is 82.6. The van der Waals surface area contributed by atoms with Crippen molar-refractivity contribution in [1.82, 2.24) is 0 Å². The molecule has 0 bridgehead atoms. The lowest BCUT2D eigenvalue weighted by atomic mass is 9.97. The van der Waals surface area contributed by atoms with Gasteiger partial charge < -0.3 is 69.0 Å². The molecule has 3 aromatic rings. The Labute approximate surface area is 253 Å². The molecule has 5 rings (SSSR count). The van der Waals surface area contributed by atoms with Crippen LogP contribution in [0.25, 0.3) is 22.3 Å². The summed E-state index contributed by atoms with van der Waals surface area (Å²) >= 11 is 0. The van der Waals surface area contributed by atoms with Crippen LogP contribution in [0.3, 0.4) is 0 Å². The fraction of sp³-hybridized carbons (Fsp3) is 0.448. The molecule has 2 fully saturated rings. The van der Waals surface area contributed by atoms with Gasteiger partial charge in [-0.3, -0.25) is 9.59 Å². The number of benzene rings is 2. The summed E-state index contributed by atoms with van der Waals surface area (Å²) in [5.74, 6) is -2.58. The number of carbonyl (C=O) groups is 1. The lowest BCUT2D eigenvalue weighted by Gasteiger charge is -2.45. The predicted molar refractivity (Wildman–Crippen MR) is 148 cm³/mol. The molecule has 45 heavy (non-hydrogen) atoms. The third-order valence-electron chi connectivity index (χ3n) is 7.47. The van der Waals surface area contributed by atoms with Crippen LogP contribution in [0.15, 0.2) is 45.6 Å².